The van der Waals surface area contributed by atoms with Gasteiger partial charge in [0.05, 0.1) is 10.6 Å². The monoisotopic (exact) mass is 395 g/mol. The molecule has 26 heavy (non-hydrogen) atoms. The number of hydrogen-bond acceptors (Lipinski definition) is 3. The van der Waals surface area contributed by atoms with Gasteiger partial charge in [-0.2, -0.15) is 13.2 Å². The van der Waals surface area contributed by atoms with E-state index in [1.165, 1.54) is 11.0 Å². The largest absolute Gasteiger partial charge is 0.489 e. The van der Waals surface area contributed by atoms with E-state index >= 15 is 0 Å². The lowest BCUT2D eigenvalue weighted by Crippen LogP contribution is -2.36. The van der Waals surface area contributed by atoms with E-state index in [2.05, 4.69) is 0 Å². The van der Waals surface area contributed by atoms with E-state index in [-0.39, 0.29) is 16.9 Å². The van der Waals surface area contributed by atoms with Crippen molar-refractivity contribution in [1.29, 1.82) is 0 Å². The van der Waals surface area contributed by atoms with Crippen LogP contribution in [0, 0.1) is 0 Å². The second-order valence-corrected chi connectivity index (χ2v) is 7.39. The summed E-state index contributed by atoms with van der Waals surface area (Å²) in [6.07, 6.45) is -4.35. The lowest BCUT2D eigenvalue weighted by atomic mass is 10.1. The van der Waals surface area contributed by atoms with Crippen molar-refractivity contribution in [3.63, 3.8) is 0 Å². The van der Waals surface area contributed by atoms with Gasteiger partial charge in [-0.05, 0) is 45.4 Å². The first kappa shape index (κ1) is 22.4. The summed E-state index contributed by atoms with van der Waals surface area (Å²) in [7, 11) is 1.60. The van der Waals surface area contributed by atoms with E-state index in [9.17, 15) is 18.0 Å². The molecule has 0 fully saturated rings. The summed E-state index contributed by atoms with van der Waals surface area (Å²) in [6.45, 7) is 7.49. The molecule has 0 bridgehead atoms. The van der Waals surface area contributed by atoms with E-state index in [4.69, 9.17) is 21.1 Å². The molecule has 0 heterocycles. The Hall–Kier alpha value is -1.63. The first-order valence-corrected chi connectivity index (χ1v) is 8.68. The third-order valence-corrected chi connectivity index (χ3v) is 3.81. The number of hydrogen-bond donors (Lipinski definition) is 0. The van der Waals surface area contributed by atoms with Crippen molar-refractivity contribution in [3.05, 3.63) is 28.8 Å². The lowest BCUT2D eigenvalue weighted by molar-refractivity contribution is -0.137. The normalized spacial score (nSPS) is 13.3. The molecule has 0 radical (unpaired) electrons. The van der Waals surface area contributed by atoms with Crippen molar-refractivity contribution in [1.82, 2.24) is 4.90 Å². The maximum Gasteiger partial charge on any atom is 0.416 e. The van der Waals surface area contributed by atoms with Gasteiger partial charge >= 0.3 is 12.3 Å². The van der Waals surface area contributed by atoms with Crippen LogP contribution in [0.3, 0.4) is 0 Å². The number of carbonyl (C=O) groups excluding carboxylic acids is 1. The van der Waals surface area contributed by atoms with Crippen LogP contribution in [-0.4, -0.2) is 36.3 Å². The fourth-order valence-corrected chi connectivity index (χ4v) is 2.23. The summed E-state index contributed by atoms with van der Waals surface area (Å²) < 4.78 is 49.4. The predicted octanol–water partition coefficient (Wildman–Crippen LogP) is 5.77. The summed E-state index contributed by atoms with van der Waals surface area (Å²) in [5.74, 6) is -0.0201. The molecule has 0 spiro atoms. The SMILES string of the molecule is CCC(CCN(C)C(=O)OC(C)(C)C)Oc1cc(C(F)(F)F)ccc1Cl. The number of halogens is 4. The van der Waals surface area contributed by atoms with Crippen molar-refractivity contribution in [2.75, 3.05) is 13.6 Å². The van der Waals surface area contributed by atoms with Gasteiger partial charge in [0.15, 0.2) is 0 Å². The van der Waals surface area contributed by atoms with Crippen LogP contribution in [0.25, 0.3) is 0 Å². The van der Waals surface area contributed by atoms with E-state index in [1.54, 1.807) is 27.8 Å². The maximum absolute atomic E-state index is 12.8. The van der Waals surface area contributed by atoms with Crippen LogP contribution in [0.4, 0.5) is 18.0 Å². The van der Waals surface area contributed by atoms with Gasteiger partial charge in [-0.1, -0.05) is 18.5 Å². The molecule has 0 aliphatic heterocycles. The standard InChI is InChI=1S/C18H25ClF3NO3/c1-6-13(9-10-23(5)16(24)26-17(2,3)4)25-15-11-12(18(20,21)22)7-8-14(15)19/h7-8,11,13H,6,9-10H2,1-5H3. The molecule has 1 atom stereocenters. The average Bonchev–Trinajstić information content (AvgIpc) is 2.49. The average molecular weight is 396 g/mol. The molecular weight excluding hydrogens is 371 g/mol. The van der Waals surface area contributed by atoms with E-state index in [0.29, 0.717) is 19.4 Å². The summed E-state index contributed by atoms with van der Waals surface area (Å²) in [5, 5.41) is 0.108. The molecule has 0 aromatic heterocycles. The third kappa shape index (κ3) is 7.32. The zero-order chi connectivity index (χ0) is 20.1. The van der Waals surface area contributed by atoms with Crippen LogP contribution in [-0.2, 0) is 10.9 Å². The fraction of sp³-hybridized carbons (Fsp3) is 0.611. The molecule has 148 valence electrons. The molecule has 8 heteroatoms. The minimum atomic E-state index is -4.47. The number of ether oxygens (including phenoxy) is 2. The Morgan fingerprint density at radius 3 is 2.38 bits per heavy atom. The zero-order valence-corrected chi connectivity index (χ0v) is 16.4. The molecule has 1 rings (SSSR count). The molecule has 0 aliphatic rings. The molecule has 0 saturated carbocycles. The lowest BCUT2D eigenvalue weighted by Gasteiger charge is -2.26. The highest BCUT2D eigenvalue weighted by atomic mass is 35.5. The first-order valence-electron chi connectivity index (χ1n) is 8.31. The van der Waals surface area contributed by atoms with E-state index in [1.807, 2.05) is 6.92 Å². The number of alkyl halides is 3. The Morgan fingerprint density at radius 1 is 1.27 bits per heavy atom. The third-order valence-electron chi connectivity index (χ3n) is 3.50. The Morgan fingerprint density at radius 2 is 1.88 bits per heavy atom. The molecule has 1 aromatic rings. The van der Waals surface area contributed by atoms with Gasteiger partial charge in [0.1, 0.15) is 17.5 Å². The van der Waals surface area contributed by atoms with Crippen molar-refractivity contribution in [2.45, 2.75) is 58.4 Å². The van der Waals surface area contributed by atoms with Gasteiger partial charge in [0, 0.05) is 20.0 Å². The van der Waals surface area contributed by atoms with Gasteiger partial charge in [-0.25, -0.2) is 4.79 Å². The molecule has 1 aromatic carbocycles. The quantitative estimate of drug-likeness (QED) is 0.613. The molecule has 4 nitrogen and oxygen atoms in total. The van der Waals surface area contributed by atoms with Gasteiger partial charge in [0.25, 0.3) is 0 Å². The Labute approximate surface area is 157 Å². The Balaban J connectivity index is 2.72. The van der Waals surface area contributed by atoms with Crippen LogP contribution < -0.4 is 4.74 Å². The number of amides is 1. The van der Waals surface area contributed by atoms with Gasteiger partial charge < -0.3 is 14.4 Å². The number of carbonyl (C=O) groups is 1. The van der Waals surface area contributed by atoms with Crippen molar-refractivity contribution in [3.8, 4) is 5.75 Å². The molecule has 1 amide bonds. The number of benzene rings is 1. The molecule has 0 aliphatic carbocycles. The smallest absolute Gasteiger partial charge is 0.416 e. The summed E-state index contributed by atoms with van der Waals surface area (Å²) in [5.41, 5.74) is -1.42. The van der Waals surface area contributed by atoms with E-state index < -0.39 is 23.4 Å². The first-order chi connectivity index (χ1) is 11.8. The van der Waals surface area contributed by atoms with Crippen LogP contribution in [0.1, 0.15) is 46.1 Å². The summed E-state index contributed by atoms with van der Waals surface area (Å²) in [6, 6.07) is 2.97. The van der Waals surface area contributed by atoms with Crippen LogP contribution in [0.15, 0.2) is 18.2 Å². The maximum atomic E-state index is 12.8. The number of rotatable bonds is 6. The topological polar surface area (TPSA) is 38.8 Å². The van der Waals surface area contributed by atoms with Crippen LogP contribution in [0.5, 0.6) is 5.75 Å². The molecule has 0 N–H and O–H groups in total. The summed E-state index contributed by atoms with van der Waals surface area (Å²) in [4.78, 5) is 13.4. The minimum absolute atomic E-state index is 0.0201. The highest BCUT2D eigenvalue weighted by Crippen LogP contribution is 2.35. The van der Waals surface area contributed by atoms with Gasteiger partial charge in [0.2, 0.25) is 0 Å². The highest BCUT2D eigenvalue weighted by Gasteiger charge is 2.31. The van der Waals surface area contributed by atoms with Crippen LogP contribution in [0.2, 0.25) is 5.02 Å². The molecule has 1 unspecified atom stereocenters. The summed E-state index contributed by atoms with van der Waals surface area (Å²) >= 11 is 5.96. The van der Waals surface area contributed by atoms with E-state index in [0.717, 1.165) is 12.1 Å². The Bertz CT molecular complexity index is 615. The van der Waals surface area contributed by atoms with Gasteiger partial charge in [-0.15, -0.1) is 0 Å². The van der Waals surface area contributed by atoms with Crippen molar-refractivity contribution >= 4 is 17.7 Å². The Kier molecular flexibility index (Phi) is 7.62. The second-order valence-electron chi connectivity index (χ2n) is 6.98. The zero-order valence-electron chi connectivity index (χ0n) is 15.6. The van der Waals surface area contributed by atoms with Crippen LogP contribution >= 0.6 is 11.6 Å². The predicted molar refractivity (Wildman–Crippen MR) is 94.6 cm³/mol. The van der Waals surface area contributed by atoms with Crippen molar-refractivity contribution in [2.24, 2.45) is 0 Å². The molecular formula is C18H25ClF3NO3. The number of nitrogens with zero attached hydrogens (tertiary/aromatic N) is 1. The van der Waals surface area contributed by atoms with Gasteiger partial charge in [-0.3, -0.25) is 0 Å². The minimum Gasteiger partial charge on any atom is -0.489 e. The molecule has 0 saturated heterocycles. The highest BCUT2D eigenvalue weighted by molar-refractivity contribution is 6.32. The van der Waals surface area contributed by atoms with Crippen molar-refractivity contribution < 1.29 is 27.4 Å². The fourth-order valence-electron chi connectivity index (χ4n) is 2.06. The second kappa shape index (κ2) is 8.84.